The van der Waals surface area contributed by atoms with Crippen LogP contribution >= 0.6 is 0 Å². The van der Waals surface area contributed by atoms with Gasteiger partial charge in [0.2, 0.25) is 0 Å². The van der Waals surface area contributed by atoms with Gasteiger partial charge in [-0.25, -0.2) is 4.98 Å². The predicted molar refractivity (Wildman–Crippen MR) is 73.6 cm³/mol. The van der Waals surface area contributed by atoms with Gasteiger partial charge in [-0.1, -0.05) is 18.2 Å². The van der Waals surface area contributed by atoms with Crippen molar-refractivity contribution in [2.24, 2.45) is 0 Å². The highest BCUT2D eigenvalue weighted by molar-refractivity contribution is 6.11. The summed E-state index contributed by atoms with van der Waals surface area (Å²) in [5.74, 6) is 0. The number of hydrogen-bond acceptors (Lipinski definition) is 2. The Morgan fingerprint density at radius 2 is 1.94 bits per heavy atom. The quantitative estimate of drug-likeness (QED) is 0.504. The van der Waals surface area contributed by atoms with E-state index in [1.165, 1.54) is 16.3 Å². The first kappa shape index (κ1) is 9.59. The van der Waals surface area contributed by atoms with Crippen molar-refractivity contribution in [3.05, 3.63) is 48.3 Å². The Balaban J connectivity index is 2.34. The maximum atomic E-state index is 4.69. The maximum Gasteiger partial charge on any atom is 0.139 e. The molecule has 0 atom stereocenters. The molecule has 0 unspecified atom stereocenters. The van der Waals surface area contributed by atoms with E-state index >= 15 is 0 Å². The van der Waals surface area contributed by atoms with Gasteiger partial charge in [0.25, 0.3) is 0 Å². The van der Waals surface area contributed by atoms with E-state index in [2.05, 4.69) is 29.0 Å². The third-order valence-electron chi connectivity index (χ3n) is 3.50. The molecule has 86 valence electrons. The van der Waals surface area contributed by atoms with Crippen LogP contribution in [0.2, 0.25) is 0 Å². The fourth-order valence-electron chi connectivity index (χ4n) is 2.63. The van der Waals surface area contributed by atoms with Crippen LogP contribution in [0.25, 0.3) is 32.8 Å². The van der Waals surface area contributed by atoms with Gasteiger partial charge < -0.3 is 4.98 Å². The lowest BCUT2D eigenvalue weighted by Gasteiger charge is -2.03. The molecule has 0 spiro atoms. The molecule has 0 amide bonds. The first-order chi connectivity index (χ1) is 8.84. The van der Waals surface area contributed by atoms with Crippen LogP contribution in [-0.2, 0) is 0 Å². The smallest absolute Gasteiger partial charge is 0.139 e. The van der Waals surface area contributed by atoms with Crippen molar-refractivity contribution in [3.63, 3.8) is 0 Å². The number of nitrogens with zero attached hydrogens (tertiary/aromatic N) is 2. The molecule has 4 rings (SSSR count). The first-order valence-electron chi connectivity index (χ1n) is 5.95. The van der Waals surface area contributed by atoms with Crippen molar-refractivity contribution in [2.75, 3.05) is 0 Å². The Labute approximate surface area is 103 Å². The van der Waals surface area contributed by atoms with E-state index in [9.17, 15) is 0 Å². The Kier molecular flexibility index (Phi) is 1.75. The second-order valence-corrected chi connectivity index (χ2v) is 4.52. The Bertz CT molecular complexity index is 890. The van der Waals surface area contributed by atoms with Crippen molar-refractivity contribution in [3.8, 4) is 0 Å². The Hall–Kier alpha value is -2.42. The summed E-state index contributed by atoms with van der Waals surface area (Å²) in [6, 6.07) is 10.2. The van der Waals surface area contributed by atoms with Gasteiger partial charge in [0.05, 0.1) is 11.0 Å². The van der Waals surface area contributed by atoms with E-state index in [-0.39, 0.29) is 0 Å². The van der Waals surface area contributed by atoms with Gasteiger partial charge in [0.1, 0.15) is 5.65 Å². The third-order valence-corrected chi connectivity index (χ3v) is 3.50. The van der Waals surface area contributed by atoms with Gasteiger partial charge in [0, 0.05) is 28.6 Å². The van der Waals surface area contributed by atoms with Crippen LogP contribution in [0, 0.1) is 6.92 Å². The van der Waals surface area contributed by atoms with Crippen LogP contribution in [0.4, 0.5) is 0 Å². The van der Waals surface area contributed by atoms with Crippen molar-refractivity contribution in [2.45, 2.75) is 6.92 Å². The number of fused-ring (bicyclic) bond motifs is 4. The predicted octanol–water partition coefficient (Wildman–Crippen LogP) is 3.57. The van der Waals surface area contributed by atoms with Crippen molar-refractivity contribution in [1.82, 2.24) is 15.0 Å². The van der Waals surface area contributed by atoms with E-state index < -0.39 is 0 Å². The van der Waals surface area contributed by atoms with Gasteiger partial charge in [0.15, 0.2) is 0 Å². The lowest BCUT2D eigenvalue weighted by Crippen LogP contribution is -1.85. The number of H-pyrrole nitrogens is 1. The number of benzene rings is 1. The Morgan fingerprint density at radius 3 is 2.89 bits per heavy atom. The fourth-order valence-corrected chi connectivity index (χ4v) is 2.63. The lowest BCUT2D eigenvalue weighted by molar-refractivity contribution is 1.35. The highest BCUT2D eigenvalue weighted by atomic mass is 14.9. The van der Waals surface area contributed by atoms with E-state index in [0.717, 1.165) is 22.1 Å². The van der Waals surface area contributed by atoms with E-state index in [1.54, 1.807) is 6.20 Å². The lowest BCUT2D eigenvalue weighted by atomic mass is 10.1. The summed E-state index contributed by atoms with van der Waals surface area (Å²) in [6.45, 7) is 2.15. The molecular formula is C15H11N3. The van der Waals surface area contributed by atoms with E-state index in [0.29, 0.717) is 0 Å². The number of nitrogens with one attached hydrogen (secondary N) is 1. The molecule has 0 aliphatic heterocycles. The van der Waals surface area contributed by atoms with Crippen LogP contribution in [0.1, 0.15) is 5.56 Å². The van der Waals surface area contributed by atoms with Crippen LogP contribution in [0.5, 0.6) is 0 Å². The molecular weight excluding hydrogens is 222 g/mol. The number of hydrogen-bond donors (Lipinski definition) is 1. The van der Waals surface area contributed by atoms with Gasteiger partial charge in [-0.05, 0) is 24.6 Å². The summed E-state index contributed by atoms with van der Waals surface area (Å²) >= 11 is 0. The summed E-state index contributed by atoms with van der Waals surface area (Å²) in [4.78, 5) is 12.3. The molecule has 0 radical (unpaired) electrons. The summed E-state index contributed by atoms with van der Waals surface area (Å²) in [7, 11) is 0. The molecule has 0 aliphatic rings. The molecule has 0 saturated carbocycles. The fraction of sp³-hybridized carbons (Fsp3) is 0.0667. The van der Waals surface area contributed by atoms with Crippen molar-refractivity contribution >= 4 is 32.8 Å². The second kappa shape index (κ2) is 3.29. The zero-order valence-corrected chi connectivity index (χ0v) is 9.94. The zero-order chi connectivity index (χ0) is 12.1. The molecule has 0 saturated heterocycles. The standard InChI is InChI=1S/C15H11N3/c1-9-10-4-2-3-5-12(10)17-15-14(9)11-8-16-7-6-13(11)18-15/h2-8H,1H3,(H,17,18). The van der Waals surface area contributed by atoms with Gasteiger partial charge in [-0.3, -0.25) is 4.98 Å². The van der Waals surface area contributed by atoms with Crippen LogP contribution in [0.3, 0.4) is 0 Å². The minimum absolute atomic E-state index is 0.939. The summed E-state index contributed by atoms with van der Waals surface area (Å²) in [5.41, 5.74) is 4.32. The number of aryl methyl sites for hydroxylation is 1. The largest absolute Gasteiger partial charge is 0.339 e. The van der Waals surface area contributed by atoms with Gasteiger partial charge >= 0.3 is 0 Å². The summed E-state index contributed by atoms with van der Waals surface area (Å²) < 4.78 is 0. The monoisotopic (exact) mass is 233 g/mol. The molecule has 0 fully saturated rings. The van der Waals surface area contributed by atoms with Crippen LogP contribution in [0.15, 0.2) is 42.7 Å². The molecule has 3 heteroatoms. The SMILES string of the molecule is Cc1c2ccccc2nc2[nH]c3ccncc3c12. The first-order valence-corrected chi connectivity index (χ1v) is 5.95. The summed E-state index contributed by atoms with van der Waals surface area (Å²) in [6.07, 6.45) is 3.70. The van der Waals surface area contributed by atoms with Crippen LogP contribution in [-0.4, -0.2) is 15.0 Å². The number of aromatic nitrogens is 3. The average molecular weight is 233 g/mol. The number of aromatic amines is 1. The minimum atomic E-state index is 0.939. The van der Waals surface area contributed by atoms with E-state index in [1.807, 2.05) is 24.4 Å². The second-order valence-electron chi connectivity index (χ2n) is 4.52. The molecule has 4 aromatic rings. The molecule has 3 heterocycles. The third kappa shape index (κ3) is 1.13. The summed E-state index contributed by atoms with van der Waals surface area (Å²) in [5, 5.41) is 3.52. The van der Waals surface area contributed by atoms with Gasteiger partial charge in [-0.2, -0.15) is 0 Å². The number of pyridine rings is 2. The normalized spacial score (nSPS) is 11.6. The van der Waals surface area contributed by atoms with Gasteiger partial charge in [-0.15, -0.1) is 0 Å². The molecule has 3 aromatic heterocycles. The molecule has 0 aliphatic carbocycles. The molecule has 0 bridgehead atoms. The maximum absolute atomic E-state index is 4.69. The topological polar surface area (TPSA) is 41.6 Å². The minimum Gasteiger partial charge on any atom is -0.339 e. The van der Waals surface area contributed by atoms with E-state index in [4.69, 9.17) is 4.98 Å². The van der Waals surface area contributed by atoms with Crippen molar-refractivity contribution < 1.29 is 0 Å². The average Bonchev–Trinajstić information content (AvgIpc) is 2.77. The molecule has 1 aromatic carbocycles. The highest BCUT2D eigenvalue weighted by Gasteiger charge is 2.10. The molecule has 18 heavy (non-hydrogen) atoms. The zero-order valence-electron chi connectivity index (χ0n) is 9.94. The number of para-hydroxylation sites is 1. The van der Waals surface area contributed by atoms with Crippen molar-refractivity contribution in [1.29, 1.82) is 0 Å². The highest BCUT2D eigenvalue weighted by Crippen LogP contribution is 2.30. The number of rotatable bonds is 0. The van der Waals surface area contributed by atoms with Crippen LogP contribution < -0.4 is 0 Å². The molecule has 3 nitrogen and oxygen atoms in total. The Morgan fingerprint density at radius 1 is 1.06 bits per heavy atom. The molecule has 1 N–H and O–H groups in total.